The molecule has 8 nitrogen and oxygen atoms in total. The molecule has 3 fully saturated rings. The van der Waals surface area contributed by atoms with Crippen LogP contribution >= 0.6 is 0 Å². The van der Waals surface area contributed by atoms with E-state index in [-0.39, 0.29) is 36.2 Å². The van der Waals surface area contributed by atoms with Crippen LogP contribution in [-0.4, -0.2) is 52.7 Å². The fourth-order valence-corrected chi connectivity index (χ4v) is 8.21. The highest BCUT2D eigenvalue weighted by Gasteiger charge is 2.62. The second kappa shape index (κ2) is 11.3. The van der Waals surface area contributed by atoms with Gasteiger partial charge in [0, 0.05) is 11.8 Å². The van der Waals surface area contributed by atoms with Crippen molar-refractivity contribution >= 4 is 17.6 Å². The third-order valence-electron chi connectivity index (χ3n) is 10.8. The fourth-order valence-electron chi connectivity index (χ4n) is 8.21. The summed E-state index contributed by atoms with van der Waals surface area (Å²) in [5.41, 5.74) is 2.21. The summed E-state index contributed by atoms with van der Waals surface area (Å²) in [7, 11) is 0. The zero-order valence-electron chi connectivity index (χ0n) is 24.7. The van der Waals surface area contributed by atoms with Crippen molar-refractivity contribution in [2.24, 2.45) is 33.7 Å². The van der Waals surface area contributed by atoms with E-state index in [1.54, 1.807) is 19.1 Å². The quantitative estimate of drug-likeness (QED) is 0.307. The van der Waals surface area contributed by atoms with E-state index in [0.717, 1.165) is 44.1 Å². The average Bonchev–Trinajstić information content (AvgIpc) is 3.18. The Morgan fingerprint density at radius 2 is 1.83 bits per heavy atom. The number of carbonyl (C=O) groups excluding carboxylic acids is 2. The number of carbonyl (C=O) groups is 2. The lowest BCUT2D eigenvalue weighted by Crippen LogP contribution is -2.53. The lowest BCUT2D eigenvalue weighted by molar-refractivity contribution is -0.147. The van der Waals surface area contributed by atoms with Gasteiger partial charge in [-0.15, -0.1) is 0 Å². The predicted molar refractivity (Wildman–Crippen MR) is 156 cm³/mol. The number of hydrogen-bond acceptors (Lipinski definition) is 7. The molecule has 0 radical (unpaired) electrons. The van der Waals surface area contributed by atoms with Gasteiger partial charge in [-0.1, -0.05) is 42.8 Å². The molecule has 41 heavy (non-hydrogen) atoms. The Hall–Kier alpha value is -3.13. The highest BCUT2D eigenvalue weighted by Crippen LogP contribution is 2.66. The molecule has 3 saturated carbocycles. The first kappa shape index (κ1) is 29.4. The molecule has 0 unspecified atom stereocenters. The van der Waals surface area contributed by atoms with E-state index in [2.05, 4.69) is 36.5 Å². The Morgan fingerprint density at radius 3 is 2.56 bits per heavy atom. The highest BCUT2D eigenvalue weighted by atomic mass is 16.6. The van der Waals surface area contributed by atoms with Crippen molar-refractivity contribution in [3.05, 3.63) is 53.6 Å². The van der Waals surface area contributed by atoms with Gasteiger partial charge in [0.05, 0.1) is 12.2 Å². The van der Waals surface area contributed by atoms with Crippen LogP contribution in [0.2, 0.25) is 0 Å². The van der Waals surface area contributed by atoms with Gasteiger partial charge in [0.1, 0.15) is 17.5 Å². The van der Waals surface area contributed by atoms with E-state index in [4.69, 9.17) is 9.57 Å². The third-order valence-corrected chi connectivity index (χ3v) is 10.8. The summed E-state index contributed by atoms with van der Waals surface area (Å²) in [5.74, 6) is 0.852. The van der Waals surface area contributed by atoms with Crippen molar-refractivity contribution in [3.63, 3.8) is 0 Å². The maximum atomic E-state index is 12.6. The topological polar surface area (TPSA) is 117 Å². The number of nitrogens with zero attached hydrogens (tertiary/aromatic N) is 1. The first-order valence-corrected chi connectivity index (χ1v) is 15.0. The number of amides is 1. The van der Waals surface area contributed by atoms with E-state index in [0.29, 0.717) is 23.5 Å². The Balaban J connectivity index is 1.19. The number of aliphatic hydroxyl groups is 1. The zero-order chi connectivity index (χ0) is 29.4. The Kier molecular flexibility index (Phi) is 8.07. The smallest absolute Gasteiger partial charge is 0.328 e. The number of oxime groups is 1. The molecule has 0 heterocycles. The van der Waals surface area contributed by atoms with Crippen LogP contribution in [0.15, 0.2) is 53.2 Å². The lowest BCUT2D eigenvalue weighted by atomic mass is 9.47. The number of allylic oxidation sites excluding steroid dienone is 4. The van der Waals surface area contributed by atoms with Gasteiger partial charge < -0.3 is 25.1 Å². The minimum atomic E-state index is -0.878. The summed E-state index contributed by atoms with van der Waals surface area (Å²) in [5, 5.41) is 27.6. The number of aromatic hydroxyl groups is 1. The largest absolute Gasteiger partial charge is 0.508 e. The van der Waals surface area contributed by atoms with Crippen molar-refractivity contribution in [1.82, 2.24) is 5.32 Å². The van der Waals surface area contributed by atoms with Gasteiger partial charge in [-0.25, -0.2) is 4.79 Å². The molecule has 1 amide bonds. The predicted octanol–water partition coefficient (Wildman–Crippen LogP) is 4.85. The van der Waals surface area contributed by atoms with Gasteiger partial charge in [0.15, 0.2) is 6.61 Å². The zero-order valence-corrected chi connectivity index (χ0v) is 24.7. The number of fused-ring (bicyclic) bond motifs is 5. The molecule has 3 N–H and O–H groups in total. The normalized spacial score (nSPS) is 35.5. The molecule has 222 valence electrons. The molecule has 1 aromatic rings. The number of ether oxygens (including phenoxy) is 1. The molecule has 0 aliphatic heterocycles. The van der Waals surface area contributed by atoms with E-state index in [9.17, 15) is 19.8 Å². The summed E-state index contributed by atoms with van der Waals surface area (Å²) in [6.07, 6.45) is 12.9. The summed E-state index contributed by atoms with van der Waals surface area (Å²) < 4.78 is 5.14. The standard InChI is InChI=1S/C33H44N2O6/c1-5-40-30(38)28(18-21-6-9-24(36)10-7-21)34-29(37)20-41-35-23-12-15-31(2)22(19-23)8-11-25-26(31)13-16-32(3)27(25)14-17-33(32,4)39/h6-7,9-10,12,15,19,25-28,36,39H,5,8,11,13-14,16-18,20H2,1-4H3,(H,34,37)/t25-,26+,27-,28-,31-,32-,33+/m1/s1. The number of rotatable bonds is 8. The number of esters is 1. The van der Waals surface area contributed by atoms with Gasteiger partial charge in [-0.2, -0.15) is 0 Å². The van der Waals surface area contributed by atoms with E-state index >= 15 is 0 Å². The fraction of sp³-hybridized carbons (Fsp3) is 0.606. The monoisotopic (exact) mass is 564 g/mol. The molecule has 8 heteroatoms. The van der Waals surface area contributed by atoms with Crippen LogP contribution in [-0.2, 0) is 25.6 Å². The maximum Gasteiger partial charge on any atom is 0.328 e. The molecular weight excluding hydrogens is 520 g/mol. The number of phenols is 1. The molecule has 5 rings (SSSR count). The third kappa shape index (κ3) is 5.55. The number of phenolic OH excluding ortho intramolecular Hbond substituents is 1. The van der Waals surface area contributed by atoms with E-state index < -0.39 is 23.5 Å². The molecule has 4 aliphatic carbocycles. The second-order valence-electron chi connectivity index (χ2n) is 13.0. The molecule has 0 saturated heterocycles. The Morgan fingerprint density at radius 1 is 1.10 bits per heavy atom. The van der Waals surface area contributed by atoms with Crippen LogP contribution in [0.5, 0.6) is 5.75 Å². The van der Waals surface area contributed by atoms with Crippen molar-refractivity contribution < 1.29 is 29.4 Å². The lowest BCUT2D eigenvalue weighted by Gasteiger charge is -2.58. The van der Waals surface area contributed by atoms with Crippen molar-refractivity contribution in [3.8, 4) is 5.75 Å². The van der Waals surface area contributed by atoms with Crippen LogP contribution in [0.25, 0.3) is 0 Å². The summed E-state index contributed by atoms with van der Waals surface area (Å²) >= 11 is 0. The van der Waals surface area contributed by atoms with Crippen molar-refractivity contribution in [2.45, 2.75) is 84.3 Å². The van der Waals surface area contributed by atoms with Crippen LogP contribution in [0.4, 0.5) is 0 Å². The second-order valence-corrected chi connectivity index (χ2v) is 13.0. The van der Waals surface area contributed by atoms with Gasteiger partial charge in [0.25, 0.3) is 5.91 Å². The van der Waals surface area contributed by atoms with E-state index in [1.807, 2.05) is 13.0 Å². The minimum Gasteiger partial charge on any atom is -0.508 e. The molecule has 7 atom stereocenters. The van der Waals surface area contributed by atoms with Gasteiger partial charge in [0.2, 0.25) is 0 Å². The SMILES string of the molecule is CCOC(=O)[C@@H](Cc1ccc(O)cc1)NC(=O)CON=C1C=C[C@]2(C)C(=C1)CC[C@H]1[C@H]3CC[C@](C)(O)[C@]3(C)CC[C@@H]12. The average molecular weight is 565 g/mol. The first-order valence-electron chi connectivity index (χ1n) is 15.0. The molecular formula is C33H44N2O6. The number of hydrogen-bond donors (Lipinski definition) is 3. The first-order chi connectivity index (χ1) is 19.5. The van der Waals surface area contributed by atoms with Crippen molar-refractivity contribution in [2.75, 3.05) is 13.2 Å². The van der Waals surface area contributed by atoms with Crippen LogP contribution in [0.3, 0.4) is 0 Å². The summed E-state index contributed by atoms with van der Waals surface area (Å²) in [6, 6.07) is 5.59. The number of nitrogens with one attached hydrogen (secondary N) is 1. The molecule has 0 aromatic heterocycles. The van der Waals surface area contributed by atoms with Crippen LogP contribution in [0.1, 0.15) is 71.8 Å². The maximum absolute atomic E-state index is 12.6. The summed E-state index contributed by atoms with van der Waals surface area (Å²) in [6.45, 7) is 8.29. The number of benzene rings is 1. The van der Waals surface area contributed by atoms with Crippen molar-refractivity contribution in [1.29, 1.82) is 0 Å². The van der Waals surface area contributed by atoms with Gasteiger partial charge >= 0.3 is 5.97 Å². The molecule has 4 aliphatic rings. The molecule has 1 aromatic carbocycles. The Labute approximate surface area is 242 Å². The highest BCUT2D eigenvalue weighted by molar-refractivity contribution is 6.05. The minimum absolute atomic E-state index is 0.00149. The van der Waals surface area contributed by atoms with Gasteiger partial charge in [-0.05, 0) is 105 Å². The van der Waals surface area contributed by atoms with Gasteiger partial charge in [-0.3, -0.25) is 4.79 Å². The Bertz CT molecular complexity index is 1250. The van der Waals surface area contributed by atoms with E-state index in [1.165, 1.54) is 17.7 Å². The molecule has 0 spiro atoms. The summed E-state index contributed by atoms with van der Waals surface area (Å²) in [4.78, 5) is 30.5. The van der Waals surface area contributed by atoms with Crippen LogP contribution < -0.4 is 5.32 Å². The van der Waals surface area contributed by atoms with Crippen LogP contribution in [0, 0.1) is 28.6 Å². The molecule has 0 bridgehead atoms.